The third kappa shape index (κ3) is 4.53. The highest BCUT2D eigenvalue weighted by Gasteiger charge is 2.18. The number of ether oxygens (including phenoxy) is 2. The average Bonchev–Trinajstić information content (AvgIpc) is 2.49. The minimum atomic E-state index is -1.38. The van der Waals surface area contributed by atoms with E-state index < -0.39 is 29.7 Å². The number of rotatable bonds is 5. The van der Waals surface area contributed by atoms with Crippen LogP contribution in [-0.4, -0.2) is 28.6 Å². The van der Waals surface area contributed by atoms with E-state index in [1.807, 2.05) is 0 Å². The van der Waals surface area contributed by atoms with Crippen LogP contribution in [0.15, 0.2) is 42.5 Å². The lowest BCUT2D eigenvalue weighted by Crippen LogP contribution is -2.25. The molecule has 7 nitrogen and oxygen atoms in total. The van der Waals surface area contributed by atoms with Crippen molar-refractivity contribution in [1.29, 1.82) is 0 Å². The number of anilines is 1. The van der Waals surface area contributed by atoms with Crippen LogP contribution in [0.4, 0.5) is 10.5 Å². The van der Waals surface area contributed by atoms with Crippen LogP contribution >= 0.6 is 11.6 Å². The Morgan fingerprint density at radius 3 is 2.46 bits per heavy atom. The molecule has 24 heavy (non-hydrogen) atoms. The van der Waals surface area contributed by atoms with E-state index in [1.165, 1.54) is 25.1 Å². The molecule has 0 heterocycles. The van der Waals surface area contributed by atoms with Gasteiger partial charge in [0.1, 0.15) is 17.1 Å². The number of amides is 1. The maximum Gasteiger partial charge on any atom is 0.414 e. The molecule has 0 aliphatic rings. The van der Waals surface area contributed by atoms with Crippen LogP contribution in [0.25, 0.3) is 0 Å². The van der Waals surface area contributed by atoms with Crippen molar-refractivity contribution in [3.8, 4) is 11.5 Å². The van der Waals surface area contributed by atoms with E-state index >= 15 is 0 Å². The maximum atomic E-state index is 11.8. The Morgan fingerprint density at radius 1 is 1.17 bits per heavy atom. The van der Waals surface area contributed by atoms with Crippen LogP contribution in [0, 0.1) is 0 Å². The zero-order valence-electron chi connectivity index (χ0n) is 12.5. The Bertz CT molecular complexity index is 747. The number of aromatic carboxylic acids is 1. The number of nitrogens with one attached hydrogen (secondary N) is 1. The van der Waals surface area contributed by atoms with Crippen molar-refractivity contribution in [3.05, 3.63) is 53.1 Å². The minimum Gasteiger partial charge on any atom is -0.507 e. The van der Waals surface area contributed by atoms with Crippen LogP contribution in [0.1, 0.15) is 17.3 Å². The van der Waals surface area contributed by atoms with Gasteiger partial charge in [-0.3, -0.25) is 5.32 Å². The number of aromatic hydroxyl groups is 1. The Morgan fingerprint density at radius 2 is 1.83 bits per heavy atom. The first-order valence-electron chi connectivity index (χ1n) is 6.82. The summed E-state index contributed by atoms with van der Waals surface area (Å²) < 4.78 is 10.4. The molecule has 0 radical (unpaired) electrons. The summed E-state index contributed by atoms with van der Waals surface area (Å²) >= 11 is 5.76. The van der Waals surface area contributed by atoms with Gasteiger partial charge in [-0.15, -0.1) is 0 Å². The van der Waals surface area contributed by atoms with E-state index in [4.69, 9.17) is 26.2 Å². The Balaban J connectivity index is 1.99. The maximum absolute atomic E-state index is 11.8. The second-order valence-electron chi connectivity index (χ2n) is 4.67. The molecule has 2 aromatic rings. The van der Waals surface area contributed by atoms with E-state index in [9.17, 15) is 14.7 Å². The average molecular weight is 352 g/mol. The lowest BCUT2D eigenvalue weighted by Gasteiger charge is -2.16. The highest BCUT2D eigenvalue weighted by Crippen LogP contribution is 2.25. The first kappa shape index (κ1) is 17.4. The lowest BCUT2D eigenvalue weighted by molar-refractivity contribution is -0.0118. The van der Waals surface area contributed by atoms with Crippen molar-refractivity contribution in [1.82, 2.24) is 0 Å². The third-order valence-corrected chi connectivity index (χ3v) is 3.13. The van der Waals surface area contributed by atoms with E-state index in [-0.39, 0.29) is 5.69 Å². The van der Waals surface area contributed by atoms with Crippen molar-refractivity contribution in [2.24, 2.45) is 0 Å². The van der Waals surface area contributed by atoms with Crippen molar-refractivity contribution >= 4 is 29.4 Å². The van der Waals surface area contributed by atoms with Gasteiger partial charge in [0.25, 0.3) is 0 Å². The summed E-state index contributed by atoms with van der Waals surface area (Å²) in [5.41, 5.74) is -0.521. The molecule has 126 valence electrons. The number of hydrogen-bond acceptors (Lipinski definition) is 5. The van der Waals surface area contributed by atoms with Gasteiger partial charge in [0, 0.05) is 11.9 Å². The van der Waals surface area contributed by atoms with Gasteiger partial charge in [-0.1, -0.05) is 17.7 Å². The summed E-state index contributed by atoms with van der Waals surface area (Å²) in [6, 6.07) is 10.4. The molecule has 2 rings (SSSR count). The number of halogens is 1. The van der Waals surface area contributed by atoms with Gasteiger partial charge < -0.3 is 19.7 Å². The van der Waals surface area contributed by atoms with Crippen molar-refractivity contribution < 1.29 is 29.3 Å². The van der Waals surface area contributed by atoms with E-state index in [1.54, 1.807) is 24.3 Å². The fourth-order valence-electron chi connectivity index (χ4n) is 1.89. The Labute approximate surface area is 142 Å². The number of carboxylic acid groups (broad SMARTS) is 1. The topological polar surface area (TPSA) is 105 Å². The highest BCUT2D eigenvalue weighted by atomic mass is 35.5. The van der Waals surface area contributed by atoms with Gasteiger partial charge in [-0.2, -0.15) is 0 Å². The summed E-state index contributed by atoms with van der Waals surface area (Å²) in [5.74, 6) is -1.40. The second-order valence-corrected chi connectivity index (χ2v) is 5.11. The monoisotopic (exact) mass is 351 g/mol. The molecule has 0 aliphatic carbocycles. The smallest absolute Gasteiger partial charge is 0.414 e. The van der Waals surface area contributed by atoms with Crippen LogP contribution in [-0.2, 0) is 4.74 Å². The molecule has 0 spiro atoms. The molecule has 1 atom stereocenters. The van der Waals surface area contributed by atoms with Crippen molar-refractivity contribution in [3.63, 3.8) is 0 Å². The summed E-state index contributed by atoms with van der Waals surface area (Å²) in [6.45, 7) is 1.49. The van der Waals surface area contributed by atoms with Gasteiger partial charge in [0.2, 0.25) is 6.29 Å². The first-order valence-corrected chi connectivity index (χ1v) is 7.19. The first-order chi connectivity index (χ1) is 11.4. The largest absolute Gasteiger partial charge is 0.507 e. The van der Waals surface area contributed by atoms with Crippen LogP contribution in [0.5, 0.6) is 11.5 Å². The van der Waals surface area contributed by atoms with Gasteiger partial charge in [-0.05, 0) is 36.4 Å². The predicted octanol–water partition coefficient (Wildman–Crippen LogP) is 3.72. The molecule has 0 aromatic heterocycles. The fourth-order valence-corrected chi connectivity index (χ4v) is 2.01. The molecule has 0 saturated carbocycles. The SMILES string of the molecule is CC(OC(=O)Nc1cccc(O)c1C(=O)O)Oc1ccc(Cl)cc1. The lowest BCUT2D eigenvalue weighted by atomic mass is 10.1. The van der Waals surface area contributed by atoms with Crippen LogP contribution < -0.4 is 10.1 Å². The zero-order valence-corrected chi connectivity index (χ0v) is 13.3. The van der Waals surface area contributed by atoms with Crippen molar-refractivity contribution in [2.75, 3.05) is 5.32 Å². The number of benzene rings is 2. The number of hydrogen-bond donors (Lipinski definition) is 3. The predicted molar refractivity (Wildman–Crippen MR) is 86.7 cm³/mol. The summed E-state index contributed by atoms with van der Waals surface area (Å²) in [7, 11) is 0. The minimum absolute atomic E-state index is 0.0915. The molecular weight excluding hydrogens is 338 g/mol. The van der Waals surface area contributed by atoms with E-state index in [0.717, 1.165) is 0 Å². The molecule has 1 unspecified atom stereocenters. The molecule has 0 fully saturated rings. The molecule has 8 heteroatoms. The van der Waals surface area contributed by atoms with Crippen LogP contribution in [0.2, 0.25) is 5.02 Å². The van der Waals surface area contributed by atoms with Crippen molar-refractivity contribution in [2.45, 2.75) is 13.2 Å². The van der Waals surface area contributed by atoms with E-state index in [0.29, 0.717) is 10.8 Å². The third-order valence-electron chi connectivity index (χ3n) is 2.88. The quantitative estimate of drug-likeness (QED) is 0.709. The number of carboxylic acids is 1. The fraction of sp³-hybridized carbons (Fsp3) is 0.125. The number of carbonyl (C=O) groups is 2. The molecule has 0 aliphatic heterocycles. The van der Waals surface area contributed by atoms with Gasteiger partial charge >= 0.3 is 12.1 Å². The van der Waals surface area contributed by atoms with Crippen LogP contribution in [0.3, 0.4) is 0 Å². The molecule has 0 saturated heterocycles. The Hall–Kier alpha value is -2.93. The standard InChI is InChI=1S/C16H14ClNO6/c1-9(23-11-7-5-10(17)6-8-11)24-16(22)18-12-3-2-4-13(19)14(12)15(20)21/h2-9,19H,1H3,(H,18,22)(H,20,21). The number of carbonyl (C=O) groups excluding carboxylic acids is 1. The van der Waals surface area contributed by atoms with Gasteiger partial charge in [-0.25, -0.2) is 9.59 Å². The molecule has 2 aromatic carbocycles. The normalized spacial score (nSPS) is 11.4. The molecule has 0 bridgehead atoms. The highest BCUT2D eigenvalue weighted by molar-refractivity contribution is 6.30. The molecule has 1 amide bonds. The molecule has 3 N–H and O–H groups in total. The number of phenols is 1. The second kappa shape index (κ2) is 7.56. The molecular formula is C16H14ClNO6. The van der Waals surface area contributed by atoms with E-state index in [2.05, 4.69) is 5.32 Å². The summed E-state index contributed by atoms with van der Waals surface area (Å²) in [4.78, 5) is 23.0. The zero-order chi connectivity index (χ0) is 17.7. The summed E-state index contributed by atoms with van der Waals surface area (Å²) in [5, 5.41) is 21.4. The summed E-state index contributed by atoms with van der Waals surface area (Å²) in [6.07, 6.45) is -1.86. The van der Waals surface area contributed by atoms with Gasteiger partial charge in [0.05, 0.1) is 5.69 Å². The van der Waals surface area contributed by atoms with Gasteiger partial charge in [0.15, 0.2) is 0 Å². The Kier molecular flexibility index (Phi) is 5.49.